The Morgan fingerprint density at radius 1 is 1.56 bits per heavy atom. The largest absolute Gasteiger partial charge is 0.354 e. The fourth-order valence-electron chi connectivity index (χ4n) is 1.70. The zero-order valence-electron chi connectivity index (χ0n) is 10.7. The van der Waals surface area contributed by atoms with Gasteiger partial charge in [0.2, 0.25) is 5.91 Å². The highest BCUT2D eigenvalue weighted by Gasteiger charge is 2.29. The van der Waals surface area contributed by atoms with Gasteiger partial charge in [0.15, 0.2) is 0 Å². The summed E-state index contributed by atoms with van der Waals surface area (Å²) in [7, 11) is 2.13. The van der Waals surface area contributed by atoms with Crippen molar-refractivity contribution in [2.24, 2.45) is 5.73 Å². The minimum absolute atomic E-state index is 0.00327. The molecule has 3 N–H and O–H groups in total. The van der Waals surface area contributed by atoms with Crippen LogP contribution in [0.2, 0.25) is 0 Å². The first-order chi connectivity index (χ1) is 7.54. The van der Waals surface area contributed by atoms with Gasteiger partial charge in [-0.25, -0.2) is 0 Å². The van der Waals surface area contributed by atoms with Crippen molar-refractivity contribution in [3.8, 4) is 0 Å². The number of nitrogens with zero attached hydrogens (tertiary/aromatic N) is 1. The summed E-state index contributed by atoms with van der Waals surface area (Å²) in [4.78, 5) is 13.9. The molecule has 94 valence electrons. The first kappa shape index (κ1) is 13.5. The summed E-state index contributed by atoms with van der Waals surface area (Å²) in [5.41, 5.74) is 5.73. The van der Waals surface area contributed by atoms with Gasteiger partial charge in [0.1, 0.15) is 0 Å². The first-order valence-corrected chi connectivity index (χ1v) is 6.28. The lowest BCUT2D eigenvalue weighted by Crippen LogP contribution is -2.42. The highest BCUT2D eigenvalue weighted by atomic mass is 16.1. The maximum atomic E-state index is 11.5. The van der Waals surface area contributed by atoms with Crippen LogP contribution in [0.4, 0.5) is 0 Å². The summed E-state index contributed by atoms with van der Waals surface area (Å²) in [6.07, 6.45) is 3.90. The number of amides is 1. The number of nitrogens with two attached hydrogens (primary N) is 1. The smallest absolute Gasteiger partial charge is 0.221 e. The third kappa shape index (κ3) is 4.49. The predicted octanol–water partition coefficient (Wildman–Crippen LogP) is 0.713. The van der Waals surface area contributed by atoms with Crippen LogP contribution < -0.4 is 11.1 Å². The zero-order valence-corrected chi connectivity index (χ0v) is 10.7. The fraction of sp³-hybridized carbons (Fsp3) is 0.917. The van der Waals surface area contributed by atoms with Gasteiger partial charge in [-0.05, 0) is 33.2 Å². The molecular formula is C12H25N3O. The Balaban J connectivity index is 2.15. The van der Waals surface area contributed by atoms with Crippen LogP contribution in [0, 0.1) is 0 Å². The number of nitrogens with one attached hydrogen (secondary N) is 1. The van der Waals surface area contributed by atoms with Crippen LogP contribution in [0.25, 0.3) is 0 Å². The lowest BCUT2D eigenvalue weighted by atomic mass is 10.1. The molecule has 16 heavy (non-hydrogen) atoms. The first-order valence-electron chi connectivity index (χ1n) is 6.28. The molecule has 0 saturated heterocycles. The summed E-state index contributed by atoms with van der Waals surface area (Å²) >= 11 is 0. The molecule has 0 aromatic carbocycles. The van der Waals surface area contributed by atoms with Gasteiger partial charge in [-0.15, -0.1) is 0 Å². The standard InChI is InChI=1S/C12H25N3O/c1-4-10(13)7-12(16)14-8-9(2)15(3)11-5-6-11/h9-11H,4-8,13H2,1-3H3,(H,14,16). The summed E-state index contributed by atoms with van der Waals surface area (Å²) in [6.45, 7) is 4.88. The SMILES string of the molecule is CCC(N)CC(=O)NCC(C)N(C)C1CC1. The van der Waals surface area contributed by atoms with Crippen LogP contribution >= 0.6 is 0 Å². The number of carbonyl (C=O) groups excluding carboxylic acids is 1. The number of rotatable bonds is 7. The quantitative estimate of drug-likeness (QED) is 0.673. The minimum atomic E-state index is -0.00327. The Kier molecular flexibility index (Phi) is 5.22. The molecule has 0 radical (unpaired) electrons. The van der Waals surface area contributed by atoms with E-state index >= 15 is 0 Å². The third-order valence-corrected chi connectivity index (χ3v) is 3.38. The van der Waals surface area contributed by atoms with E-state index in [9.17, 15) is 4.79 Å². The highest BCUT2D eigenvalue weighted by molar-refractivity contribution is 5.76. The highest BCUT2D eigenvalue weighted by Crippen LogP contribution is 2.26. The molecule has 1 aliphatic carbocycles. The van der Waals surface area contributed by atoms with Crippen molar-refractivity contribution in [1.82, 2.24) is 10.2 Å². The molecule has 1 aliphatic rings. The molecule has 2 unspecified atom stereocenters. The van der Waals surface area contributed by atoms with Crippen molar-refractivity contribution in [3.05, 3.63) is 0 Å². The molecule has 0 aromatic heterocycles. The van der Waals surface area contributed by atoms with Crippen LogP contribution in [-0.4, -0.2) is 42.5 Å². The van der Waals surface area contributed by atoms with E-state index in [2.05, 4.69) is 24.2 Å². The minimum Gasteiger partial charge on any atom is -0.354 e. The Morgan fingerprint density at radius 3 is 2.69 bits per heavy atom. The molecule has 4 heteroatoms. The molecular weight excluding hydrogens is 202 g/mol. The van der Waals surface area contributed by atoms with Gasteiger partial charge >= 0.3 is 0 Å². The molecule has 4 nitrogen and oxygen atoms in total. The van der Waals surface area contributed by atoms with E-state index < -0.39 is 0 Å². The van der Waals surface area contributed by atoms with E-state index in [4.69, 9.17) is 5.73 Å². The Morgan fingerprint density at radius 2 is 2.19 bits per heavy atom. The van der Waals surface area contributed by atoms with Crippen LogP contribution in [-0.2, 0) is 4.79 Å². The molecule has 0 heterocycles. The topological polar surface area (TPSA) is 58.4 Å². The number of carbonyl (C=O) groups is 1. The Hall–Kier alpha value is -0.610. The van der Waals surface area contributed by atoms with Gasteiger partial charge in [-0.1, -0.05) is 6.92 Å². The lowest BCUT2D eigenvalue weighted by Gasteiger charge is -2.24. The number of likely N-dealkylation sites (N-methyl/N-ethyl adjacent to an activating group) is 1. The summed E-state index contributed by atoms with van der Waals surface area (Å²) < 4.78 is 0. The molecule has 1 amide bonds. The van der Waals surface area contributed by atoms with Crippen molar-refractivity contribution in [2.75, 3.05) is 13.6 Å². The Labute approximate surface area is 98.6 Å². The van der Waals surface area contributed by atoms with Crippen molar-refractivity contribution < 1.29 is 4.79 Å². The molecule has 0 aromatic rings. The van der Waals surface area contributed by atoms with E-state index in [-0.39, 0.29) is 11.9 Å². The van der Waals surface area contributed by atoms with Crippen molar-refractivity contribution >= 4 is 5.91 Å². The second-order valence-corrected chi connectivity index (χ2v) is 4.92. The number of hydrogen-bond acceptors (Lipinski definition) is 3. The fourth-order valence-corrected chi connectivity index (χ4v) is 1.70. The molecule has 0 spiro atoms. The van der Waals surface area contributed by atoms with E-state index in [0.717, 1.165) is 19.0 Å². The van der Waals surface area contributed by atoms with Crippen LogP contribution in [0.5, 0.6) is 0 Å². The van der Waals surface area contributed by atoms with Gasteiger partial charge < -0.3 is 11.1 Å². The van der Waals surface area contributed by atoms with Crippen LogP contribution in [0.3, 0.4) is 0 Å². The third-order valence-electron chi connectivity index (χ3n) is 3.38. The van der Waals surface area contributed by atoms with Gasteiger partial charge in [0.05, 0.1) is 0 Å². The summed E-state index contributed by atoms with van der Waals surface area (Å²) in [5, 5.41) is 2.95. The maximum Gasteiger partial charge on any atom is 0.221 e. The molecule has 2 atom stereocenters. The van der Waals surface area contributed by atoms with Crippen molar-refractivity contribution in [1.29, 1.82) is 0 Å². The van der Waals surface area contributed by atoms with Gasteiger partial charge in [0.25, 0.3) is 0 Å². The van der Waals surface area contributed by atoms with Gasteiger partial charge in [-0.3, -0.25) is 9.69 Å². The van der Waals surface area contributed by atoms with Crippen LogP contribution in [0.1, 0.15) is 39.5 Å². The average Bonchev–Trinajstić information content (AvgIpc) is 3.08. The maximum absolute atomic E-state index is 11.5. The predicted molar refractivity (Wildman–Crippen MR) is 66.1 cm³/mol. The van der Waals surface area contributed by atoms with Crippen molar-refractivity contribution in [2.45, 2.75) is 57.7 Å². The monoisotopic (exact) mass is 227 g/mol. The average molecular weight is 227 g/mol. The normalized spacial score (nSPS) is 19.6. The van der Waals surface area contributed by atoms with Gasteiger partial charge in [0, 0.05) is 31.1 Å². The Bertz CT molecular complexity index is 228. The molecule has 1 rings (SSSR count). The van der Waals surface area contributed by atoms with Crippen molar-refractivity contribution in [3.63, 3.8) is 0 Å². The van der Waals surface area contributed by atoms with E-state index in [0.29, 0.717) is 12.5 Å². The zero-order chi connectivity index (χ0) is 12.1. The second-order valence-electron chi connectivity index (χ2n) is 4.92. The summed E-state index contributed by atoms with van der Waals surface area (Å²) in [5.74, 6) is 0.0744. The van der Waals surface area contributed by atoms with E-state index in [1.807, 2.05) is 6.92 Å². The van der Waals surface area contributed by atoms with Gasteiger partial charge in [-0.2, -0.15) is 0 Å². The number of hydrogen-bond donors (Lipinski definition) is 2. The molecule has 1 saturated carbocycles. The molecule has 0 aliphatic heterocycles. The van der Waals surface area contributed by atoms with E-state index in [1.165, 1.54) is 12.8 Å². The van der Waals surface area contributed by atoms with Crippen LogP contribution in [0.15, 0.2) is 0 Å². The lowest BCUT2D eigenvalue weighted by molar-refractivity contribution is -0.121. The van der Waals surface area contributed by atoms with E-state index in [1.54, 1.807) is 0 Å². The molecule has 0 bridgehead atoms. The molecule has 1 fully saturated rings. The second kappa shape index (κ2) is 6.21. The summed E-state index contributed by atoms with van der Waals surface area (Å²) in [6, 6.07) is 1.15.